The third kappa shape index (κ3) is 5.67. The number of carbonyl (C=O) groups is 2. The average Bonchev–Trinajstić information content (AvgIpc) is 3.05. The van der Waals surface area contributed by atoms with Gasteiger partial charge >= 0.3 is 11.7 Å². The lowest BCUT2D eigenvalue weighted by molar-refractivity contribution is -0.128. The molecular formula is C35H38F2N8O3. The fourth-order valence-electron chi connectivity index (χ4n) is 6.84. The van der Waals surface area contributed by atoms with Crippen molar-refractivity contribution in [2.24, 2.45) is 5.73 Å². The number of fused-ring (bicyclic) bond motifs is 5. The highest BCUT2D eigenvalue weighted by Crippen LogP contribution is 2.36. The summed E-state index contributed by atoms with van der Waals surface area (Å²) in [6.07, 6.45) is 3.84. The minimum Gasteiger partial charge on any atom is -0.351 e. The predicted octanol–water partition coefficient (Wildman–Crippen LogP) is 4.68. The van der Waals surface area contributed by atoms with Crippen LogP contribution in [0.5, 0.6) is 0 Å². The van der Waals surface area contributed by atoms with Crippen molar-refractivity contribution in [2.75, 3.05) is 24.5 Å². The van der Waals surface area contributed by atoms with Crippen molar-refractivity contribution >= 4 is 28.8 Å². The van der Waals surface area contributed by atoms with Crippen molar-refractivity contribution in [3.63, 3.8) is 0 Å². The number of hydrogen-bond acceptors (Lipinski definition) is 7. The third-order valence-electron chi connectivity index (χ3n) is 9.21. The summed E-state index contributed by atoms with van der Waals surface area (Å²) in [6.45, 7) is 12.1. The van der Waals surface area contributed by atoms with Gasteiger partial charge in [-0.1, -0.05) is 32.6 Å². The second-order valence-corrected chi connectivity index (χ2v) is 12.8. The van der Waals surface area contributed by atoms with Gasteiger partial charge in [0.25, 0.3) is 0 Å². The van der Waals surface area contributed by atoms with Crippen LogP contribution in [0.1, 0.15) is 56.9 Å². The fourth-order valence-corrected chi connectivity index (χ4v) is 6.84. The molecule has 0 radical (unpaired) electrons. The van der Waals surface area contributed by atoms with E-state index in [1.54, 1.807) is 23.2 Å². The number of amides is 3. The Labute approximate surface area is 276 Å². The number of aryl methyl sites for hydroxylation is 1. The van der Waals surface area contributed by atoms with E-state index in [9.17, 15) is 14.4 Å². The zero-order valence-electron chi connectivity index (χ0n) is 27.4. The maximum absolute atomic E-state index is 16.5. The number of benzene rings is 1. The van der Waals surface area contributed by atoms with Crippen LogP contribution >= 0.6 is 0 Å². The average molecular weight is 657 g/mol. The summed E-state index contributed by atoms with van der Waals surface area (Å²) >= 11 is 0. The lowest BCUT2D eigenvalue weighted by Gasteiger charge is -2.44. The zero-order chi connectivity index (χ0) is 34.4. The van der Waals surface area contributed by atoms with Crippen molar-refractivity contribution in [3.8, 4) is 16.9 Å². The highest BCUT2D eigenvalue weighted by atomic mass is 19.1. The molecule has 1 aromatic carbocycles. The van der Waals surface area contributed by atoms with Gasteiger partial charge in [-0.2, -0.15) is 4.98 Å². The summed E-state index contributed by atoms with van der Waals surface area (Å²) in [5.74, 6) is -1.70. The molecule has 1 saturated heterocycles. The Balaban J connectivity index is 1.70. The van der Waals surface area contributed by atoms with Crippen LogP contribution in [0.4, 0.5) is 19.4 Å². The summed E-state index contributed by atoms with van der Waals surface area (Å²) in [6, 6.07) is 6.06. The molecule has 11 nitrogen and oxygen atoms in total. The number of nitrogens with zero attached hydrogens (tertiary/aromatic N) is 7. The fraction of sp³-hybridized carbons (Fsp3) is 0.371. The number of aromatic nitrogens is 4. The second kappa shape index (κ2) is 12.8. The summed E-state index contributed by atoms with van der Waals surface area (Å²) in [5, 5.41) is 0.245. The number of piperazine rings is 1. The molecule has 1 fully saturated rings. The lowest BCUT2D eigenvalue weighted by Crippen LogP contribution is -2.58. The first kappa shape index (κ1) is 32.7. The summed E-state index contributed by atoms with van der Waals surface area (Å²) in [4.78, 5) is 58.4. The van der Waals surface area contributed by atoms with E-state index in [1.165, 1.54) is 33.7 Å². The molecule has 0 saturated carbocycles. The van der Waals surface area contributed by atoms with Crippen LogP contribution in [0.25, 0.3) is 28.0 Å². The molecule has 250 valence electrons. The predicted molar refractivity (Wildman–Crippen MR) is 179 cm³/mol. The van der Waals surface area contributed by atoms with E-state index in [4.69, 9.17) is 10.7 Å². The minimum atomic E-state index is -0.834. The second-order valence-electron chi connectivity index (χ2n) is 12.8. The van der Waals surface area contributed by atoms with Crippen molar-refractivity contribution in [1.29, 1.82) is 0 Å². The van der Waals surface area contributed by atoms with E-state index in [0.717, 1.165) is 5.56 Å². The number of nitrogens with two attached hydrogens (primary N) is 1. The molecule has 2 aliphatic rings. The molecule has 5 heterocycles. The normalized spacial score (nSPS) is 18.2. The van der Waals surface area contributed by atoms with Crippen molar-refractivity contribution in [3.05, 3.63) is 88.1 Å². The minimum absolute atomic E-state index is 0.0699. The van der Waals surface area contributed by atoms with Gasteiger partial charge in [0.1, 0.15) is 23.1 Å². The molecule has 0 aliphatic carbocycles. The van der Waals surface area contributed by atoms with E-state index in [1.807, 2.05) is 32.6 Å². The van der Waals surface area contributed by atoms with Crippen LogP contribution in [-0.2, 0) is 17.8 Å². The zero-order valence-corrected chi connectivity index (χ0v) is 27.4. The van der Waals surface area contributed by atoms with Gasteiger partial charge in [-0.3, -0.25) is 9.78 Å². The van der Waals surface area contributed by atoms with Gasteiger partial charge in [0.15, 0.2) is 5.65 Å². The standard InChI is InChI=1S/C35H38F2N8O3/c1-6-27(46)43-16-21(5)44(17-20(43)4)32-24-15-26(37)30-28-23(9-7-11-25(28)36)18-42(34(38)47)14-8-10-22-12-13-39-29(19(2)3)31(22)45(33(24)40-30)35(48)41-32/h6-7,9,11-13,15,19-21H,1,8,10,14,16-18H2,2-5H3,(H2,38,47)/t20-,21+/m1/s1. The first-order valence-corrected chi connectivity index (χ1v) is 16.0. The van der Waals surface area contributed by atoms with Crippen molar-refractivity contribution in [2.45, 2.75) is 65.1 Å². The molecule has 3 amide bonds. The molecule has 3 aromatic heterocycles. The van der Waals surface area contributed by atoms with Crippen LogP contribution < -0.4 is 16.3 Å². The SMILES string of the molecule is C=CC(=O)N1C[C@H](C)N(c2nc(=O)n3c4nc(c(F)cc24)-c2c(F)cccc2CN(C(N)=O)CCCc2ccnc(C(C)C)c2-3)C[C@H]1C. The molecule has 6 rings (SSSR count). The Hall–Kier alpha value is -5.20. The Morgan fingerprint density at radius 2 is 1.83 bits per heavy atom. The van der Waals surface area contributed by atoms with Crippen LogP contribution in [-0.4, -0.2) is 73.0 Å². The van der Waals surface area contributed by atoms with Gasteiger partial charge < -0.3 is 20.4 Å². The number of urea groups is 1. The van der Waals surface area contributed by atoms with E-state index in [2.05, 4.69) is 16.5 Å². The van der Waals surface area contributed by atoms with Crippen LogP contribution in [0.3, 0.4) is 0 Å². The van der Waals surface area contributed by atoms with Crippen molar-refractivity contribution in [1.82, 2.24) is 29.3 Å². The highest BCUT2D eigenvalue weighted by Gasteiger charge is 2.34. The first-order chi connectivity index (χ1) is 22.9. The maximum Gasteiger partial charge on any atom is 0.355 e. The summed E-state index contributed by atoms with van der Waals surface area (Å²) in [5.41, 5.74) is 6.86. The molecule has 0 unspecified atom stereocenters. The molecule has 2 bridgehead atoms. The smallest absolute Gasteiger partial charge is 0.351 e. The van der Waals surface area contributed by atoms with Gasteiger partial charge in [-0.05, 0) is 68.0 Å². The van der Waals surface area contributed by atoms with Gasteiger partial charge in [0, 0.05) is 50.0 Å². The van der Waals surface area contributed by atoms with Crippen LogP contribution in [0.15, 0.2) is 54.0 Å². The van der Waals surface area contributed by atoms with E-state index in [0.29, 0.717) is 42.9 Å². The molecule has 48 heavy (non-hydrogen) atoms. The van der Waals surface area contributed by atoms with Crippen molar-refractivity contribution < 1.29 is 18.4 Å². The number of anilines is 1. The molecular weight excluding hydrogens is 618 g/mol. The number of hydrogen-bond donors (Lipinski definition) is 1. The number of carbonyl (C=O) groups excluding carboxylic acids is 2. The van der Waals surface area contributed by atoms with E-state index >= 15 is 8.78 Å². The highest BCUT2D eigenvalue weighted by molar-refractivity contribution is 5.91. The third-order valence-corrected chi connectivity index (χ3v) is 9.21. The Morgan fingerprint density at radius 1 is 1.06 bits per heavy atom. The number of rotatable bonds is 3. The van der Waals surface area contributed by atoms with Gasteiger partial charge in [-0.25, -0.2) is 27.9 Å². The monoisotopic (exact) mass is 656 g/mol. The Kier molecular flexibility index (Phi) is 8.71. The largest absolute Gasteiger partial charge is 0.355 e. The maximum atomic E-state index is 16.5. The molecule has 0 spiro atoms. The Bertz CT molecular complexity index is 2010. The molecule has 13 heteroatoms. The Morgan fingerprint density at radius 3 is 2.54 bits per heavy atom. The van der Waals surface area contributed by atoms with E-state index in [-0.39, 0.29) is 65.1 Å². The number of primary amides is 1. The topological polar surface area (TPSA) is 131 Å². The first-order valence-electron chi connectivity index (χ1n) is 16.0. The van der Waals surface area contributed by atoms with Crippen LogP contribution in [0.2, 0.25) is 0 Å². The molecule has 2 atom stereocenters. The van der Waals surface area contributed by atoms with Gasteiger partial charge in [0.2, 0.25) is 5.91 Å². The summed E-state index contributed by atoms with van der Waals surface area (Å²) in [7, 11) is 0. The van der Waals surface area contributed by atoms with E-state index < -0.39 is 23.4 Å². The van der Waals surface area contributed by atoms with Gasteiger partial charge in [-0.15, -0.1) is 0 Å². The lowest BCUT2D eigenvalue weighted by atomic mass is 10.0. The van der Waals surface area contributed by atoms with Gasteiger partial charge in [0.05, 0.1) is 16.8 Å². The molecule has 4 aromatic rings. The van der Waals surface area contributed by atoms with Crippen LogP contribution in [0, 0.1) is 11.6 Å². The summed E-state index contributed by atoms with van der Waals surface area (Å²) < 4.78 is 33.6. The molecule has 2 N–H and O–H groups in total. The molecule has 2 aliphatic heterocycles. The quantitative estimate of drug-likeness (QED) is 0.317. The number of halogens is 2. The number of pyridine rings is 2.